The first kappa shape index (κ1) is 11.0. The lowest BCUT2D eigenvalue weighted by Crippen LogP contribution is -2.14. The van der Waals surface area contributed by atoms with Gasteiger partial charge in [-0.3, -0.25) is 0 Å². The van der Waals surface area contributed by atoms with Crippen LogP contribution in [0.1, 0.15) is 11.1 Å². The number of nitrogens with one attached hydrogen (secondary N) is 1. The fourth-order valence-corrected chi connectivity index (χ4v) is 1.18. The SMILES string of the molecule is CNCc1cc(F)ccc1C(F)(F)F. The summed E-state index contributed by atoms with van der Waals surface area (Å²) in [6.07, 6.45) is -4.43. The van der Waals surface area contributed by atoms with Crippen LogP contribution in [0, 0.1) is 5.82 Å². The molecule has 0 fully saturated rings. The van der Waals surface area contributed by atoms with Crippen molar-refractivity contribution < 1.29 is 17.6 Å². The molecule has 1 aromatic carbocycles. The van der Waals surface area contributed by atoms with Gasteiger partial charge < -0.3 is 5.32 Å². The molecule has 1 aromatic rings. The topological polar surface area (TPSA) is 12.0 Å². The summed E-state index contributed by atoms with van der Waals surface area (Å²) in [5.41, 5.74) is -0.881. The Bertz CT molecular complexity index is 319. The zero-order chi connectivity index (χ0) is 10.8. The molecule has 0 spiro atoms. The third-order valence-corrected chi connectivity index (χ3v) is 1.74. The van der Waals surface area contributed by atoms with Crippen molar-refractivity contribution in [2.75, 3.05) is 7.05 Å². The average molecular weight is 207 g/mol. The quantitative estimate of drug-likeness (QED) is 0.735. The van der Waals surface area contributed by atoms with Gasteiger partial charge in [0.05, 0.1) is 5.56 Å². The Morgan fingerprint density at radius 1 is 1.29 bits per heavy atom. The van der Waals surface area contributed by atoms with Crippen LogP contribution in [0.4, 0.5) is 17.6 Å². The number of benzene rings is 1. The molecule has 0 amide bonds. The molecule has 14 heavy (non-hydrogen) atoms. The van der Waals surface area contributed by atoms with Gasteiger partial charge in [-0.15, -0.1) is 0 Å². The van der Waals surface area contributed by atoms with Crippen LogP contribution in [-0.2, 0) is 12.7 Å². The lowest BCUT2D eigenvalue weighted by atomic mass is 10.1. The van der Waals surface area contributed by atoms with E-state index in [0.29, 0.717) is 0 Å². The van der Waals surface area contributed by atoms with Crippen LogP contribution in [0.5, 0.6) is 0 Å². The molecule has 0 aliphatic carbocycles. The van der Waals surface area contributed by atoms with E-state index in [1.54, 1.807) is 0 Å². The van der Waals surface area contributed by atoms with Crippen molar-refractivity contribution in [3.63, 3.8) is 0 Å². The standard InChI is InChI=1S/C9H9F4N/c1-14-5-6-4-7(10)2-3-8(6)9(11,12)13/h2-4,14H,5H2,1H3. The fourth-order valence-electron chi connectivity index (χ4n) is 1.18. The van der Waals surface area contributed by atoms with Gasteiger partial charge in [0, 0.05) is 6.54 Å². The second-order valence-electron chi connectivity index (χ2n) is 2.83. The molecular formula is C9H9F4N. The molecule has 0 saturated carbocycles. The van der Waals surface area contributed by atoms with E-state index in [4.69, 9.17) is 0 Å². The Balaban J connectivity index is 3.15. The monoisotopic (exact) mass is 207 g/mol. The number of hydrogen-bond acceptors (Lipinski definition) is 1. The predicted molar refractivity (Wildman–Crippen MR) is 44.2 cm³/mol. The van der Waals surface area contributed by atoms with Crippen LogP contribution < -0.4 is 5.32 Å². The Morgan fingerprint density at radius 2 is 1.93 bits per heavy atom. The minimum absolute atomic E-state index is 0.00734. The molecule has 1 N–H and O–H groups in total. The molecule has 0 aromatic heterocycles. The number of alkyl halides is 3. The highest BCUT2D eigenvalue weighted by molar-refractivity contribution is 5.30. The van der Waals surface area contributed by atoms with Crippen molar-refractivity contribution in [1.82, 2.24) is 5.32 Å². The van der Waals surface area contributed by atoms with E-state index in [2.05, 4.69) is 5.32 Å². The summed E-state index contributed by atoms with van der Waals surface area (Å²) in [5.74, 6) is -0.664. The van der Waals surface area contributed by atoms with Crippen LogP contribution >= 0.6 is 0 Å². The summed E-state index contributed by atoms with van der Waals surface area (Å²) in [6, 6.07) is 2.45. The first-order valence-corrected chi connectivity index (χ1v) is 3.95. The first-order chi connectivity index (χ1) is 6.45. The molecule has 0 aliphatic heterocycles. The highest BCUT2D eigenvalue weighted by Crippen LogP contribution is 2.32. The molecule has 0 saturated heterocycles. The Kier molecular flexibility index (Phi) is 3.10. The molecule has 0 unspecified atom stereocenters. The maximum Gasteiger partial charge on any atom is 0.416 e. The van der Waals surface area contributed by atoms with E-state index in [0.717, 1.165) is 18.2 Å². The largest absolute Gasteiger partial charge is 0.416 e. The smallest absolute Gasteiger partial charge is 0.316 e. The van der Waals surface area contributed by atoms with Gasteiger partial charge in [-0.2, -0.15) is 13.2 Å². The summed E-state index contributed by atoms with van der Waals surface area (Å²) in [5, 5.41) is 2.56. The highest BCUT2D eigenvalue weighted by atomic mass is 19.4. The molecule has 0 heterocycles. The molecule has 1 nitrogen and oxygen atoms in total. The number of halogens is 4. The van der Waals surface area contributed by atoms with Gasteiger partial charge in [-0.05, 0) is 30.8 Å². The normalized spacial score (nSPS) is 11.8. The van der Waals surface area contributed by atoms with Gasteiger partial charge in [0.2, 0.25) is 0 Å². The summed E-state index contributed by atoms with van der Waals surface area (Å²) in [4.78, 5) is 0. The van der Waals surface area contributed by atoms with Gasteiger partial charge in [-0.25, -0.2) is 4.39 Å². The molecule has 5 heteroatoms. The van der Waals surface area contributed by atoms with Crippen molar-refractivity contribution >= 4 is 0 Å². The van der Waals surface area contributed by atoms with Crippen molar-refractivity contribution in [3.05, 3.63) is 35.1 Å². The molecule has 0 bridgehead atoms. The van der Waals surface area contributed by atoms with Gasteiger partial charge in [-0.1, -0.05) is 0 Å². The van der Waals surface area contributed by atoms with E-state index in [9.17, 15) is 17.6 Å². The van der Waals surface area contributed by atoms with Gasteiger partial charge >= 0.3 is 6.18 Å². The van der Waals surface area contributed by atoms with E-state index < -0.39 is 17.6 Å². The van der Waals surface area contributed by atoms with E-state index in [1.807, 2.05) is 0 Å². The third kappa shape index (κ3) is 2.45. The lowest BCUT2D eigenvalue weighted by Gasteiger charge is -2.12. The van der Waals surface area contributed by atoms with Crippen molar-refractivity contribution in [2.45, 2.75) is 12.7 Å². The van der Waals surface area contributed by atoms with Gasteiger partial charge in [0.1, 0.15) is 5.82 Å². The van der Waals surface area contributed by atoms with Gasteiger partial charge in [0.25, 0.3) is 0 Å². The van der Waals surface area contributed by atoms with Crippen LogP contribution in [-0.4, -0.2) is 7.05 Å². The van der Waals surface area contributed by atoms with Crippen LogP contribution in [0.2, 0.25) is 0 Å². The molecule has 0 aliphatic rings. The van der Waals surface area contributed by atoms with E-state index >= 15 is 0 Å². The maximum atomic E-state index is 12.7. The lowest BCUT2D eigenvalue weighted by molar-refractivity contribution is -0.138. The van der Waals surface area contributed by atoms with Crippen LogP contribution in [0.3, 0.4) is 0 Å². The maximum absolute atomic E-state index is 12.7. The van der Waals surface area contributed by atoms with Crippen molar-refractivity contribution in [1.29, 1.82) is 0 Å². The average Bonchev–Trinajstić information content (AvgIpc) is 2.02. The number of rotatable bonds is 2. The Hall–Kier alpha value is -1.10. The first-order valence-electron chi connectivity index (χ1n) is 3.95. The zero-order valence-corrected chi connectivity index (χ0v) is 7.45. The molecule has 0 atom stereocenters. The molecule has 78 valence electrons. The van der Waals surface area contributed by atoms with E-state index in [-0.39, 0.29) is 12.1 Å². The van der Waals surface area contributed by atoms with Crippen LogP contribution in [0.15, 0.2) is 18.2 Å². The highest BCUT2D eigenvalue weighted by Gasteiger charge is 2.32. The van der Waals surface area contributed by atoms with Crippen molar-refractivity contribution in [3.8, 4) is 0 Å². The Labute approximate surface area is 78.7 Å². The van der Waals surface area contributed by atoms with Crippen molar-refractivity contribution in [2.24, 2.45) is 0 Å². The summed E-state index contributed by atoms with van der Waals surface area (Å²) in [7, 11) is 1.51. The molecular weight excluding hydrogens is 198 g/mol. The summed E-state index contributed by atoms with van der Waals surface area (Å²) in [6.45, 7) is -0.00734. The molecule has 1 rings (SSSR count). The van der Waals surface area contributed by atoms with E-state index in [1.165, 1.54) is 7.05 Å². The zero-order valence-electron chi connectivity index (χ0n) is 7.45. The number of hydrogen-bond donors (Lipinski definition) is 1. The van der Waals surface area contributed by atoms with Crippen LogP contribution in [0.25, 0.3) is 0 Å². The minimum atomic E-state index is -4.43. The third-order valence-electron chi connectivity index (χ3n) is 1.74. The Morgan fingerprint density at radius 3 is 2.43 bits per heavy atom. The minimum Gasteiger partial charge on any atom is -0.316 e. The fraction of sp³-hybridized carbons (Fsp3) is 0.333. The van der Waals surface area contributed by atoms with Gasteiger partial charge in [0.15, 0.2) is 0 Å². The second-order valence-corrected chi connectivity index (χ2v) is 2.83. The molecule has 0 radical (unpaired) electrons. The predicted octanol–water partition coefficient (Wildman–Crippen LogP) is 2.56. The second kappa shape index (κ2) is 3.96. The summed E-state index contributed by atoms with van der Waals surface area (Å²) >= 11 is 0. The summed E-state index contributed by atoms with van der Waals surface area (Å²) < 4.78 is 49.7.